The summed E-state index contributed by atoms with van der Waals surface area (Å²) < 4.78 is 0. The summed E-state index contributed by atoms with van der Waals surface area (Å²) in [4.78, 5) is 15.6. The van der Waals surface area contributed by atoms with Gasteiger partial charge < -0.3 is 14.9 Å². The van der Waals surface area contributed by atoms with Crippen molar-refractivity contribution >= 4 is 5.95 Å². The highest BCUT2D eigenvalue weighted by Crippen LogP contribution is 2.11. The van der Waals surface area contributed by atoms with Crippen LogP contribution < -0.4 is 4.90 Å². The van der Waals surface area contributed by atoms with Gasteiger partial charge in [-0.25, -0.2) is 9.97 Å². The number of aromatic nitrogens is 2. The fourth-order valence-corrected chi connectivity index (χ4v) is 2.42. The van der Waals surface area contributed by atoms with Gasteiger partial charge >= 0.3 is 0 Å². The van der Waals surface area contributed by atoms with Gasteiger partial charge in [-0.05, 0) is 7.05 Å². The molecule has 0 radical (unpaired) electrons. The fraction of sp³-hybridized carbons (Fsp3) is 0.600. The van der Waals surface area contributed by atoms with E-state index < -0.39 is 0 Å². The van der Waals surface area contributed by atoms with Crippen LogP contribution in [0.1, 0.15) is 5.56 Å². The zero-order valence-corrected chi connectivity index (χ0v) is 12.8. The Hall–Kier alpha value is -1.50. The number of nitrogens with zero attached hydrogens (tertiary/aromatic N) is 5. The van der Waals surface area contributed by atoms with Gasteiger partial charge in [-0.3, -0.25) is 4.90 Å². The molecule has 0 atom stereocenters. The Morgan fingerprint density at radius 1 is 1.29 bits per heavy atom. The van der Waals surface area contributed by atoms with Crippen molar-refractivity contribution in [1.82, 2.24) is 19.8 Å². The standard InChI is InChI=1S/C15H25N5O/c1-3-4-19(9-10-21)13-14-11-16-15(17-12-14)20-7-5-18(2)6-8-20/h3,11-12,21H,1,4-10,13H2,2H3. The first-order valence-corrected chi connectivity index (χ1v) is 7.41. The predicted octanol–water partition coefficient (Wildman–Crippen LogP) is 0.209. The van der Waals surface area contributed by atoms with Gasteiger partial charge in [0.05, 0.1) is 6.61 Å². The van der Waals surface area contributed by atoms with Gasteiger partial charge in [0.1, 0.15) is 0 Å². The number of anilines is 1. The molecular formula is C15H25N5O. The Bertz CT molecular complexity index is 428. The number of aliphatic hydroxyl groups is 1. The van der Waals surface area contributed by atoms with Crippen molar-refractivity contribution in [3.63, 3.8) is 0 Å². The lowest BCUT2D eigenvalue weighted by Crippen LogP contribution is -2.45. The molecule has 2 rings (SSSR count). The summed E-state index contributed by atoms with van der Waals surface area (Å²) in [5.74, 6) is 0.810. The largest absolute Gasteiger partial charge is 0.395 e. The van der Waals surface area contributed by atoms with E-state index in [0.29, 0.717) is 6.54 Å². The summed E-state index contributed by atoms with van der Waals surface area (Å²) in [6.07, 6.45) is 5.61. The average molecular weight is 291 g/mol. The van der Waals surface area contributed by atoms with Gasteiger partial charge in [0.2, 0.25) is 5.95 Å². The van der Waals surface area contributed by atoms with E-state index in [9.17, 15) is 0 Å². The minimum atomic E-state index is 0.147. The second kappa shape index (κ2) is 8.07. The first-order valence-electron chi connectivity index (χ1n) is 7.41. The third-order valence-electron chi connectivity index (χ3n) is 3.69. The molecule has 21 heavy (non-hydrogen) atoms. The Morgan fingerprint density at radius 2 is 1.95 bits per heavy atom. The quantitative estimate of drug-likeness (QED) is 0.725. The van der Waals surface area contributed by atoms with Crippen LogP contribution in [0.25, 0.3) is 0 Å². The molecule has 0 amide bonds. The van der Waals surface area contributed by atoms with Crippen LogP contribution >= 0.6 is 0 Å². The molecule has 0 aliphatic carbocycles. The molecule has 1 aromatic heterocycles. The van der Waals surface area contributed by atoms with Crippen molar-refractivity contribution in [2.24, 2.45) is 0 Å². The summed E-state index contributed by atoms with van der Waals surface area (Å²) in [5.41, 5.74) is 1.06. The molecule has 116 valence electrons. The maximum absolute atomic E-state index is 9.06. The van der Waals surface area contributed by atoms with Gasteiger partial charge in [0.15, 0.2) is 0 Å². The zero-order valence-electron chi connectivity index (χ0n) is 12.8. The van der Waals surface area contributed by atoms with Gasteiger partial charge in [-0.2, -0.15) is 0 Å². The highest BCUT2D eigenvalue weighted by Gasteiger charge is 2.16. The summed E-state index contributed by atoms with van der Waals surface area (Å²) in [5, 5.41) is 9.06. The van der Waals surface area contributed by atoms with Crippen LogP contribution in [0.4, 0.5) is 5.95 Å². The summed E-state index contributed by atoms with van der Waals surface area (Å²) >= 11 is 0. The Balaban J connectivity index is 1.93. The number of hydrogen-bond acceptors (Lipinski definition) is 6. The van der Waals surface area contributed by atoms with E-state index >= 15 is 0 Å². The molecule has 1 aromatic rings. The maximum Gasteiger partial charge on any atom is 0.225 e. The molecule has 6 heteroatoms. The number of likely N-dealkylation sites (N-methyl/N-ethyl adjacent to an activating group) is 1. The van der Waals surface area contributed by atoms with E-state index in [4.69, 9.17) is 5.11 Å². The van der Waals surface area contributed by atoms with Crippen molar-refractivity contribution < 1.29 is 5.11 Å². The summed E-state index contributed by atoms with van der Waals surface area (Å²) in [7, 11) is 2.14. The molecule has 1 saturated heterocycles. The van der Waals surface area contributed by atoms with Crippen LogP contribution in [0.5, 0.6) is 0 Å². The van der Waals surface area contributed by atoms with Crippen molar-refractivity contribution in [3.8, 4) is 0 Å². The molecule has 0 aromatic carbocycles. The Morgan fingerprint density at radius 3 is 2.52 bits per heavy atom. The first-order chi connectivity index (χ1) is 10.2. The monoisotopic (exact) mass is 291 g/mol. The topological polar surface area (TPSA) is 55.7 Å². The third-order valence-corrected chi connectivity index (χ3v) is 3.69. The van der Waals surface area contributed by atoms with E-state index in [1.54, 1.807) is 0 Å². The lowest BCUT2D eigenvalue weighted by Gasteiger charge is -2.32. The molecule has 6 nitrogen and oxygen atoms in total. The number of aliphatic hydroxyl groups excluding tert-OH is 1. The van der Waals surface area contributed by atoms with Gasteiger partial charge in [0.25, 0.3) is 0 Å². The average Bonchev–Trinajstić information content (AvgIpc) is 2.49. The molecule has 1 N–H and O–H groups in total. The van der Waals surface area contributed by atoms with Crippen LogP contribution in [0.2, 0.25) is 0 Å². The Kier molecular flexibility index (Phi) is 6.10. The number of piperazine rings is 1. The normalized spacial score (nSPS) is 16.4. The second-order valence-corrected chi connectivity index (χ2v) is 5.43. The molecular weight excluding hydrogens is 266 g/mol. The van der Waals surface area contributed by atoms with E-state index in [-0.39, 0.29) is 6.61 Å². The molecule has 1 aliphatic heterocycles. The second-order valence-electron chi connectivity index (χ2n) is 5.43. The van der Waals surface area contributed by atoms with E-state index in [2.05, 4.69) is 38.3 Å². The van der Waals surface area contributed by atoms with Crippen LogP contribution in [0, 0.1) is 0 Å². The minimum absolute atomic E-state index is 0.147. The van der Waals surface area contributed by atoms with Crippen LogP contribution in [-0.4, -0.2) is 77.8 Å². The predicted molar refractivity (Wildman–Crippen MR) is 84.3 cm³/mol. The van der Waals surface area contributed by atoms with Crippen LogP contribution in [0.15, 0.2) is 25.0 Å². The highest BCUT2D eigenvalue weighted by atomic mass is 16.3. The Labute approximate surface area is 126 Å². The molecule has 1 aliphatic rings. The molecule has 2 heterocycles. The smallest absolute Gasteiger partial charge is 0.225 e. The molecule has 0 bridgehead atoms. The lowest BCUT2D eigenvalue weighted by atomic mass is 10.3. The van der Waals surface area contributed by atoms with Crippen LogP contribution in [0.3, 0.4) is 0 Å². The lowest BCUT2D eigenvalue weighted by molar-refractivity contribution is 0.203. The highest BCUT2D eigenvalue weighted by molar-refractivity contribution is 5.30. The summed E-state index contributed by atoms with van der Waals surface area (Å²) in [6.45, 7) is 10.1. The van der Waals surface area contributed by atoms with Crippen LogP contribution in [-0.2, 0) is 6.54 Å². The van der Waals surface area contributed by atoms with Gasteiger partial charge in [0, 0.05) is 63.8 Å². The van der Waals surface area contributed by atoms with E-state index in [1.165, 1.54) is 0 Å². The number of hydrogen-bond donors (Lipinski definition) is 1. The first kappa shape index (κ1) is 15.9. The number of rotatable bonds is 7. The third kappa shape index (κ3) is 4.77. The minimum Gasteiger partial charge on any atom is -0.395 e. The molecule has 0 unspecified atom stereocenters. The van der Waals surface area contributed by atoms with E-state index in [0.717, 1.165) is 50.8 Å². The maximum atomic E-state index is 9.06. The zero-order chi connectivity index (χ0) is 15.1. The fourth-order valence-electron chi connectivity index (χ4n) is 2.42. The molecule has 0 saturated carbocycles. The van der Waals surface area contributed by atoms with Crippen molar-refractivity contribution in [3.05, 3.63) is 30.6 Å². The summed E-state index contributed by atoms with van der Waals surface area (Å²) in [6, 6.07) is 0. The molecule has 0 spiro atoms. The van der Waals surface area contributed by atoms with Gasteiger partial charge in [-0.15, -0.1) is 6.58 Å². The SMILES string of the molecule is C=CCN(CCO)Cc1cnc(N2CCN(C)CC2)nc1. The van der Waals surface area contributed by atoms with Crippen molar-refractivity contribution in [1.29, 1.82) is 0 Å². The van der Waals surface area contributed by atoms with Crippen molar-refractivity contribution in [2.75, 3.05) is 57.8 Å². The molecule has 1 fully saturated rings. The van der Waals surface area contributed by atoms with Gasteiger partial charge in [-0.1, -0.05) is 6.08 Å². The van der Waals surface area contributed by atoms with Crippen molar-refractivity contribution in [2.45, 2.75) is 6.54 Å². The van der Waals surface area contributed by atoms with E-state index in [1.807, 2.05) is 18.5 Å².